The normalized spacial score (nSPS) is 11.6. The van der Waals surface area contributed by atoms with Crippen LogP contribution in [0.15, 0.2) is 24.3 Å². The highest BCUT2D eigenvalue weighted by Crippen LogP contribution is 2.04. The maximum atomic E-state index is 13.0. The predicted molar refractivity (Wildman–Crippen MR) is 77.6 cm³/mol. The van der Waals surface area contributed by atoms with Gasteiger partial charge < -0.3 is 15.3 Å². The summed E-state index contributed by atoms with van der Waals surface area (Å²) in [5, 5.41) is 11.2. The number of halogens is 1. The Morgan fingerprint density at radius 3 is 2.64 bits per heavy atom. The van der Waals surface area contributed by atoms with Crippen molar-refractivity contribution in [2.24, 2.45) is 5.92 Å². The summed E-state index contributed by atoms with van der Waals surface area (Å²) in [4.78, 5) is 35.4. The number of carbonyl (C=O) groups is 3. The Morgan fingerprint density at radius 2 is 2.05 bits per heavy atom. The Bertz CT molecular complexity index is 562. The Balaban J connectivity index is 2.40. The highest BCUT2D eigenvalue weighted by molar-refractivity contribution is 5.85. The first-order valence-corrected chi connectivity index (χ1v) is 6.77. The molecular weight excluding hydrogens is 291 g/mol. The van der Waals surface area contributed by atoms with Crippen LogP contribution in [0.25, 0.3) is 0 Å². The van der Waals surface area contributed by atoms with Crippen LogP contribution >= 0.6 is 0 Å². The lowest BCUT2D eigenvalue weighted by Gasteiger charge is -2.19. The van der Waals surface area contributed by atoms with Gasteiger partial charge in [-0.15, -0.1) is 0 Å². The molecule has 0 aliphatic carbocycles. The van der Waals surface area contributed by atoms with Gasteiger partial charge in [-0.05, 0) is 17.7 Å². The molecule has 6 nitrogen and oxygen atoms in total. The molecule has 0 radical (unpaired) electrons. The molecule has 1 unspecified atom stereocenters. The van der Waals surface area contributed by atoms with E-state index in [2.05, 4.69) is 5.32 Å². The fourth-order valence-electron chi connectivity index (χ4n) is 1.79. The van der Waals surface area contributed by atoms with Crippen molar-refractivity contribution in [1.82, 2.24) is 10.2 Å². The molecule has 0 aliphatic rings. The van der Waals surface area contributed by atoms with Crippen LogP contribution in [0.1, 0.15) is 12.5 Å². The molecule has 0 spiro atoms. The second kappa shape index (κ2) is 8.11. The van der Waals surface area contributed by atoms with Gasteiger partial charge >= 0.3 is 5.97 Å². The average Bonchev–Trinajstić information content (AvgIpc) is 2.44. The minimum Gasteiger partial charge on any atom is -0.481 e. The summed E-state index contributed by atoms with van der Waals surface area (Å²) in [6, 6.07) is 5.65. The second-order valence-electron chi connectivity index (χ2n) is 5.10. The minimum absolute atomic E-state index is 0.0275. The molecule has 7 heteroatoms. The van der Waals surface area contributed by atoms with Crippen LogP contribution in [0, 0.1) is 11.7 Å². The fourth-order valence-corrected chi connectivity index (χ4v) is 1.79. The number of nitrogens with one attached hydrogen (secondary N) is 1. The third kappa shape index (κ3) is 5.90. The van der Waals surface area contributed by atoms with Crippen molar-refractivity contribution >= 4 is 17.8 Å². The van der Waals surface area contributed by atoms with Crippen LogP contribution in [0.3, 0.4) is 0 Å². The van der Waals surface area contributed by atoms with Crippen LogP contribution in [-0.2, 0) is 20.8 Å². The number of rotatable bonds is 7. The van der Waals surface area contributed by atoms with Crippen molar-refractivity contribution in [3.05, 3.63) is 35.6 Å². The van der Waals surface area contributed by atoms with Crippen LogP contribution in [0.5, 0.6) is 0 Å². The summed E-state index contributed by atoms with van der Waals surface area (Å²) in [5.74, 6) is -2.89. The number of nitrogens with zero attached hydrogens (tertiary/aromatic N) is 1. The number of carboxylic acids is 1. The lowest BCUT2D eigenvalue weighted by Crippen LogP contribution is -2.41. The molecule has 2 N–H and O–H groups in total. The van der Waals surface area contributed by atoms with E-state index in [9.17, 15) is 18.8 Å². The molecule has 22 heavy (non-hydrogen) atoms. The van der Waals surface area contributed by atoms with E-state index in [1.54, 1.807) is 6.07 Å². The smallest absolute Gasteiger partial charge is 0.308 e. The van der Waals surface area contributed by atoms with E-state index in [0.29, 0.717) is 5.56 Å². The zero-order valence-corrected chi connectivity index (χ0v) is 12.5. The van der Waals surface area contributed by atoms with Gasteiger partial charge in [0.05, 0.1) is 18.9 Å². The van der Waals surface area contributed by atoms with Gasteiger partial charge in [0.2, 0.25) is 11.8 Å². The molecule has 0 heterocycles. The van der Waals surface area contributed by atoms with Crippen molar-refractivity contribution < 1.29 is 23.9 Å². The molecule has 1 atom stereocenters. The lowest BCUT2D eigenvalue weighted by molar-refractivity contribution is -0.142. The van der Waals surface area contributed by atoms with Gasteiger partial charge in [-0.1, -0.05) is 19.1 Å². The molecule has 0 fully saturated rings. The van der Waals surface area contributed by atoms with E-state index >= 15 is 0 Å². The van der Waals surface area contributed by atoms with Crippen molar-refractivity contribution in [1.29, 1.82) is 0 Å². The summed E-state index contributed by atoms with van der Waals surface area (Å²) in [6.07, 6.45) is -0.0275. The number of likely N-dealkylation sites (N-methyl/N-ethyl adjacent to an activating group) is 1. The molecule has 0 aromatic heterocycles. The monoisotopic (exact) mass is 310 g/mol. The third-order valence-electron chi connectivity index (χ3n) is 3.09. The highest BCUT2D eigenvalue weighted by atomic mass is 19.1. The van der Waals surface area contributed by atoms with Crippen LogP contribution in [0.2, 0.25) is 0 Å². The summed E-state index contributed by atoms with van der Waals surface area (Å²) in [7, 11) is 1.47. The Morgan fingerprint density at radius 1 is 1.36 bits per heavy atom. The number of carboxylic acid groups (broad SMARTS) is 1. The summed E-state index contributed by atoms with van der Waals surface area (Å²) in [5.41, 5.74) is 0.512. The first-order chi connectivity index (χ1) is 10.3. The van der Waals surface area contributed by atoms with Crippen molar-refractivity contribution in [2.45, 2.75) is 13.3 Å². The van der Waals surface area contributed by atoms with E-state index in [1.165, 1.54) is 37.1 Å². The van der Waals surface area contributed by atoms with Gasteiger partial charge in [-0.2, -0.15) is 0 Å². The Hall–Kier alpha value is -2.44. The van der Waals surface area contributed by atoms with Crippen molar-refractivity contribution in [3.63, 3.8) is 0 Å². The molecular formula is C15H19FN2O4. The standard InChI is InChI=1S/C15H19FN2O4/c1-10(15(21)22)9-18(2)14(20)8-17-13(19)7-11-4-3-5-12(16)6-11/h3-6,10H,7-9H2,1-2H3,(H,17,19)(H,21,22). The largest absolute Gasteiger partial charge is 0.481 e. The molecule has 120 valence electrons. The quantitative estimate of drug-likeness (QED) is 0.775. The van der Waals surface area contributed by atoms with E-state index in [1.807, 2.05) is 0 Å². The van der Waals surface area contributed by atoms with E-state index in [0.717, 1.165) is 0 Å². The van der Waals surface area contributed by atoms with Gasteiger partial charge in [0.15, 0.2) is 0 Å². The average molecular weight is 310 g/mol. The van der Waals surface area contributed by atoms with Gasteiger partial charge in [0.1, 0.15) is 5.82 Å². The highest BCUT2D eigenvalue weighted by Gasteiger charge is 2.17. The Labute approximate surface area is 127 Å². The SMILES string of the molecule is CC(CN(C)C(=O)CNC(=O)Cc1cccc(F)c1)C(=O)O. The topological polar surface area (TPSA) is 86.7 Å². The minimum atomic E-state index is -0.991. The van der Waals surface area contributed by atoms with Crippen LogP contribution < -0.4 is 5.32 Å². The third-order valence-corrected chi connectivity index (χ3v) is 3.09. The molecule has 1 rings (SSSR count). The summed E-state index contributed by atoms with van der Waals surface area (Å²) < 4.78 is 13.0. The number of carbonyl (C=O) groups excluding carboxylic acids is 2. The van der Waals surface area contributed by atoms with Gasteiger partial charge in [-0.3, -0.25) is 14.4 Å². The maximum Gasteiger partial charge on any atom is 0.308 e. The maximum absolute atomic E-state index is 13.0. The molecule has 0 saturated carbocycles. The molecule has 0 aliphatic heterocycles. The zero-order chi connectivity index (χ0) is 16.7. The van der Waals surface area contributed by atoms with E-state index < -0.39 is 23.6 Å². The lowest BCUT2D eigenvalue weighted by atomic mass is 10.1. The van der Waals surface area contributed by atoms with Crippen LogP contribution in [0.4, 0.5) is 4.39 Å². The van der Waals surface area contributed by atoms with Crippen molar-refractivity contribution in [2.75, 3.05) is 20.1 Å². The number of benzene rings is 1. The summed E-state index contributed by atoms with van der Waals surface area (Å²) >= 11 is 0. The molecule has 1 aromatic rings. The molecule has 0 bridgehead atoms. The number of hydrogen-bond acceptors (Lipinski definition) is 3. The van der Waals surface area contributed by atoms with E-state index in [-0.39, 0.29) is 25.4 Å². The van der Waals surface area contributed by atoms with E-state index in [4.69, 9.17) is 5.11 Å². The predicted octanol–water partition coefficient (Wildman–Crippen LogP) is 0.663. The second-order valence-corrected chi connectivity index (χ2v) is 5.10. The number of hydrogen-bond donors (Lipinski definition) is 2. The fraction of sp³-hybridized carbons (Fsp3) is 0.400. The summed E-state index contributed by atoms with van der Waals surface area (Å²) in [6.45, 7) is 1.33. The number of aliphatic carboxylic acids is 1. The van der Waals surface area contributed by atoms with Gasteiger partial charge in [-0.25, -0.2) is 4.39 Å². The zero-order valence-electron chi connectivity index (χ0n) is 12.5. The van der Waals surface area contributed by atoms with Gasteiger partial charge in [0, 0.05) is 13.6 Å². The first kappa shape index (κ1) is 17.6. The molecule has 0 saturated heterocycles. The Kier molecular flexibility index (Phi) is 6.49. The number of amides is 2. The molecule has 2 amide bonds. The first-order valence-electron chi connectivity index (χ1n) is 6.77. The molecule has 1 aromatic carbocycles. The van der Waals surface area contributed by atoms with Gasteiger partial charge in [0.25, 0.3) is 0 Å². The van der Waals surface area contributed by atoms with Crippen molar-refractivity contribution in [3.8, 4) is 0 Å². The van der Waals surface area contributed by atoms with Crippen LogP contribution in [-0.4, -0.2) is 47.9 Å².